The molecule has 0 radical (unpaired) electrons. The van der Waals surface area contributed by atoms with Gasteiger partial charge < -0.3 is 9.67 Å². The van der Waals surface area contributed by atoms with Crippen LogP contribution in [0.5, 0.6) is 0 Å². The molecular formula is C4H13NO2Si2. The van der Waals surface area contributed by atoms with Crippen LogP contribution in [-0.2, 0) is 0 Å². The highest BCUT2D eigenvalue weighted by Gasteiger charge is 2.05. The highest BCUT2D eigenvalue weighted by Crippen LogP contribution is 1.86. The molecule has 5 heteroatoms. The maximum absolute atomic E-state index is 10.3. The molecule has 0 fully saturated rings. The van der Waals surface area contributed by atoms with Gasteiger partial charge in [0.2, 0.25) is 0 Å². The van der Waals surface area contributed by atoms with E-state index in [4.69, 9.17) is 5.11 Å². The van der Waals surface area contributed by atoms with Crippen LogP contribution in [0.4, 0.5) is 4.79 Å². The van der Waals surface area contributed by atoms with E-state index in [1.165, 1.54) is 0 Å². The zero-order valence-electron chi connectivity index (χ0n) is 5.92. The van der Waals surface area contributed by atoms with Crippen molar-refractivity contribution >= 4 is 25.1 Å². The number of hydrogen-bond donors (Lipinski definition) is 1. The van der Waals surface area contributed by atoms with Gasteiger partial charge in [-0.2, -0.15) is 0 Å². The molecule has 0 unspecified atom stereocenters. The highest BCUT2D eigenvalue weighted by atomic mass is 29.1. The summed E-state index contributed by atoms with van der Waals surface area (Å²) < 4.78 is 1.59. The second-order valence-corrected chi connectivity index (χ2v) is 5.16. The summed E-state index contributed by atoms with van der Waals surface area (Å²) in [7, 11) is 0.710. The first-order valence-electron chi connectivity index (χ1n) is 3.20. The summed E-state index contributed by atoms with van der Waals surface area (Å²) in [5.74, 6) is 0. The summed E-state index contributed by atoms with van der Waals surface area (Å²) in [4.78, 5) is 10.3. The van der Waals surface area contributed by atoms with E-state index in [0.717, 1.165) is 22.7 Å². The van der Waals surface area contributed by atoms with Crippen molar-refractivity contribution in [2.75, 3.05) is 6.54 Å². The normalized spacial score (nSPS) is 10.8. The van der Waals surface area contributed by atoms with Crippen LogP contribution in [0.15, 0.2) is 0 Å². The van der Waals surface area contributed by atoms with Crippen molar-refractivity contribution < 1.29 is 9.90 Å². The summed E-state index contributed by atoms with van der Waals surface area (Å²) in [5.41, 5.74) is 0. The van der Waals surface area contributed by atoms with Gasteiger partial charge in [0, 0.05) is 16.3 Å². The summed E-state index contributed by atoms with van der Waals surface area (Å²) in [5, 5.41) is 8.49. The molecular weight excluding hydrogens is 150 g/mol. The second-order valence-electron chi connectivity index (χ2n) is 1.86. The molecule has 3 nitrogen and oxygen atoms in total. The van der Waals surface area contributed by atoms with Gasteiger partial charge in [0.05, 0.1) is 0 Å². The van der Waals surface area contributed by atoms with Gasteiger partial charge in [0.1, 0.15) is 9.20 Å². The Morgan fingerprint density at radius 3 is 2.56 bits per heavy atom. The van der Waals surface area contributed by atoms with E-state index < -0.39 is 6.09 Å². The molecule has 0 atom stereocenters. The van der Waals surface area contributed by atoms with Crippen molar-refractivity contribution in [3.05, 3.63) is 0 Å². The maximum atomic E-state index is 10.3. The molecule has 0 aliphatic rings. The fourth-order valence-electron chi connectivity index (χ4n) is 0.659. The molecule has 0 aromatic carbocycles. The summed E-state index contributed by atoms with van der Waals surface area (Å²) >= 11 is 0. The first-order chi connectivity index (χ1) is 4.22. The van der Waals surface area contributed by atoms with E-state index in [-0.39, 0.29) is 9.20 Å². The SMILES string of the molecule is CCCN([SiH2][SiH3])C(=O)O. The third kappa shape index (κ3) is 3.31. The van der Waals surface area contributed by atoms with Gasteiger partial charge in [-0.15, -0.1) is 0 Å². The first kappa shape index (κ1) is 8.70. The fraction of sp³-hybridized carbons (Fsp3) is 0.750. The molecule has 9 heavy (non-hydrogen) atoms. The second kappa shape index (κ2) is 4.57. The van der Waals surface area contributed by atoms with Crippen molar-refractivity contribution in [2.24, 2.45) is 0 Å². The highest BCUT2D eigenvalue weighted by molar-refractivity contribution is 6.88. The van der Waals surface area contributed by atoms with Crippen molar-refractivity contribution in [1.29, 1.82) is 0 Å². The Morgan fingerprint density at radius 1 is 1.89 bits per heavy atom. The van der Waals surface area contributed by atoms with Gasteiger partial charge in [-0.25, -0.2) is 4.79 Å². The molecule has 0 aliphatic heterocycles. The first-order valence-corrected chi connectivity index (χ1v) is 9.49. The Kier molecular flexibility index (Phi) is 4.42. The lowest BCUT2D eigenvalue weighted by atomic mass is 10.5. The van der Waals surface area contributed by atoms with E-state index in [9.17, 15) is 4.79 Å². The predicted molar refractivity (Wildman–Crippen MR) is 43.5 cm³/mol. The lowest BCUT2D eigenvalue weighted by Gasteiger charge is -2.14. The minimum Gasteiger partial charge on any atom is -0.465 e. The zero-order valence-corrected chi connectivity index (χ0v) is 9.34. The Hall–Kier alpha value is -0.296. The van der Waals surface area contributed by atoms with Crippen molar-refractivity contribution in [3.8, 4) is 0 Å². The molecule has 0 bridgehead atoms. The van der Waals surface area contributed by atoms with Crippen molar-refractivity contribution in [3.63, 3.8) is 0 Å². The maximum Gasteiger partial charge on any atom is 0.398 e. The molecule has 54 valence electrons. The number of nitrogens with zero attached hydrogens (tertiary/aromatic N) is 1. The average molecular weight is 163 g/mol. The Labute approximate surface area is 60.2 Å². The minimum atomic E-state index is -0.724. The van der Waals surface area contributed by atoms with Crippen LogP contribution < -0.4 is 0 Å². The Balaban J connectivity index is 3.54. The molecule has 0 saturated carbocycles. The molecule has 0 saturated heterocycles. The van der Waals surface area contributed by atoms with Gasteiger partial charge in [-0.3, -0.25) is 0 Å². The van der Waals surface area contributed by atoms with Gasteiger partial charge in [-0.05, 0) is 6.42 Å². The van der Waals surface area contributed by atoms with Crippen LogP contribution in [0, 0.1) is 0 Å². The third-order valence-electron chi connectivity index (χ3n) is 1.15. The quantitative estimate of drug-likeness (QED) is 0.528. The fourth-order valence-corrected chi connectivity index (χ4v) is 3.32. The van der Waals surface area contributed by atoms with Gasteiger partial charge >= 0.3 is 6.09 Å². The van der Waals surface area contributed by atoms with Crippen LogP contribution in [0.25, 0.3) is 0 Å². The van der Waals surface area contributed by atoms with E-state index in [1.807, 2.05) is 6.92 Å². The summed E-state index contributed by atoms with van der Waals surface area (Å²) in [6.07, 6.45) is 0.222. The Morgan fingerprint density at radius 2 is 2.44 bits per heavy atom. The van der Waals surface area contributed by atoms with Gasteiger partial charge in [-0.1, -0.05) is 6.92 Å². The largest absolute Gasteiger partial charge is 0.465 e. The van der Waals surface area contributed by atoms with E-state index in [1.54, 1.807) is 4.57 Å². The lowest BCUT2D eigenvalue weighted by Crippen LogP contribution is -2.33. The molecule has 0 aliphatic carbocycles. The third-order valence-corrected chi connectivity index (χ3v) is 4.79. The molecule has 0 aromatic heterocycles. The number of rotatable bonds is 3. The molecule has 0 aromatic rings. The number of hydrogen-bond acceptors (Lipinski definition) is 1. The van der Waals surface area contributed by atoms with E-state index >= 15 is 0 Å². The van der Waals surface area contributed by atoms with E-state index in [0.29, 0.717) is 0 Å². The average Bonchev–Trinajstić information content (AvgIpc) is 1.82. The molecule has 0 rings (SSSR count). The van der Waals surface area contributed by atoms with E-state index in [2.05, 4.69) is 0 Å². The molecule has 1 N–H and O–H groups in total. The van der Waals surface area contributed by atoms with Crippen LogP contribution in [-0.4, -0.2) is 41.3 Å². The smallest absolute Gasteiger partial charge is 0.398 e. The summed E-state index contributed by atoms with van der Waals surface area (Å²) in [6.45, 7) is 2.74. The van der Waals surface area contributed by atoms with Crippen LogP contribution >= 0.6 is 0 Å². The number of amides is 1. The number of carbonyl (C=O) groups is 1. The lowest BCUT2D eigenvalue weighted by molar-refractivity contribution is 0.173. The summed E-state index contributed by atoms with van der Waals surface area (Å²) in [6, 6.07) is 0. The Bertz CT molecular complexity index is 98.6. The molecule has 1 amide bonds. The van der Waals surface area contributed by atoms with Crippen molar-refractivity contribution in [1.82, 2.24) is 4.57 Å². The van der Waals surface area contributed by atoms with Gasteiger partial charge in [0.15, 0.2) is 0 Å². The van der Waals surface area contributed by atoms with Crippen molar-refractivity contribution in [2.45, 2.75) is 13.3 Å². The molecule has 0 heterocycles. The topological polar surface area (TPSA) is 40.5 Å². The van der Waals surface area contributed by atoms with Crippen LogP contribution in [0.2, 0.25) is 0 Å². The van der Waals surface area contributed by atoms with Gasteiger partial charge in [0.25, 0.3) is 0 Å². The minimum absolute atomic E-state index is 0.358. The number of carboxylic acid groups (broad SMARTS) is 1. The zero-order chi connectivity index (χ0) is 7.28. The predicted octanol–water partition coefficient (Wildman–Crippen LogP) is -1.26. The monoisotopic (exact) mass is 163 g/mol. The standard InChI is InChI=1S/C4H13NO2Si2/c1-2-3-5(9-8)4(6)7/h2-3,9H2,1,8H3,(H,6,7). The van der Waals surface area contributed by atoms with Crippen LogP contribution in [0.3, 0.4) is 0 Å². The van der Waals surface area contributed by atoms with Crippen LogP contribution in [0.1, 0.15) is 13.3 Å². The molecule has 0 spiro atoms.